The standard InChI is InChI=1S/C15H18F2N6O/c16-12-8-13(17)14(18-9-12)15(24)23-3-1-2-21(6-7-23)4-5-22-10-19-20-11-22/h8-11H,1-7H2. The SMILES string of the molecule is O=C(c1ncc(F)cc1F)N1CCCN(CCn2cnnc2)CC1. The van der Waals surface area contributed by atoms with E-state index in [4.69, 9.17) is 0 Å². The largest absolute Gasteiger partial charge is 0.336 e. The molecule has 0 radical (unpaired) electrons. The molecule has 0 saturated carbocycles. The fraction of sp³-hybridized carbons (Fsp3) is 0.467. The Hall–Kier alpha value is -2.42. The van der Waals surface area contributed by atoms with Crippen LogP contribution < -0.4 is 0 Å². The monoisotopic (exact) mass is 336 g/mol. The number of hydrogen-bond acceptors (Lipinski definition) is 5. The summed E-state index contributed by atoms with van der Waals surface area (Å²) < 4.78 is 28.6. The van der Waals surface area contributed by atoms with Gasteiger partial charge in [0.15, 0.2) is 11.5 Å². The summed E-state index contributed by atoms with van der Waals surface area (Å²) in [5, 5.41) is 7.52. The van der Waals surface area contributed by atoms with Gasteiger partial charge in [0.2, 0.25) is 0 Å². The fourth-order valence-corrected chi connectivity index (χ4v) is 2.71. The van der Waals surface area contributed by atoms with Crippen molar-refractivity contribution < 1.29 is 13.6 Å². The molecule has 1 aliphatic rings. The average Bonchev–Trinajstić information content (AvgIpc) is 2.97. The van der Waals surface area contributed by atoms with Crippen molar-refractivity contribution >= 4 is 5.91 Å². The van der Waals surface area contributed by atoms with Crippen LogP contribution in [0.4, 0.5) is 8.78 Å². The molecule has 3 heterocycles. The molecule has 1 fully saturated rings. The number of amides is 1. The summed E-state index contributed by atoms with van der Waals surface area (Å²) in [6.45, 7) is 4.15. The van der Waals surface area contributed by atoms with E-state index < -0.39 is 17.5 Å². The third-order valence-corrected chi connectivity index (χ3v) is 4.03. The summed E-state index contributed by atoms with van der Waals surface area (Å²) in [6.07, 6.45) is 4.98. The number of halogens is 2. The van der Waals surface area contributed by atoms with Crippen molar-refractivity contribution in [3.05, 3.63) is 42.2 Å². The van der Waals surface area contributed by atoms with Gasteiger partial charge in [-0.3, -0.25) is 9.69 Å². The molecule has 128 valence electrons. The second-order valence-electron chi connectivity index (χ2n) is 5.67. The Labute approximate surface area is 137 Å². The van der Waals surface area contributed by atoms with Gasteiger partial charge < -0.3 is 9.47 Å². The van der Waals surface area contributed by atoms with Crippen LogP contribution in [-0.2, 0) is 6.54 Å². The van der Waals surface area contributed by atoms with Crippen LogP contribution in [0.3, 0.4) is 0 Å². The zero-order valence-electron chi connectivity index (χ0n) is 13.1. The maximum absolute atomic E-state index is 13.7. The first-order valence-electron chi connectivity index (χ1n) is 7.78. The van der Waals surface area contributed by atoms with Crippen LogP contribution in [0.2, 0.25) is 0 Å². The van der Waals surface area contributed by atoms with Crippen molar-refractivity contribution in [1.82, 2.24) is 29.5 Å². The second kappa shape index (κ2) is 7.43. The fourth-order valence-electron chi connectivity index (χ4n) is 2.71. The lowest BCUT2D eigenvalue weighted by Gasteiger charge is -2.22. The lowest BCUT2D eigenvalue weighted by molar-refractivity contribution is 0.0750. The Morgan fingerprint density at radius 3 is 2.62 bits per heavy atom. The van der Waals surface area contributed by atoms with E-state index in [1.807, 2.05) is 4.57 Å². The predicted octanol–water partition coefficient (Wildman–Crippen LogP) is 0.799. The lowest BCUT2D eigenvalue weighted by atomic mass is 10.3. The molecule has 1 aliphatic heterocycles. The second-order valence-corrected chi connectivity index (χ2v) is 5.67. The Balaban J connectivity index is 1.57. The van der Waals surface area contributed by atoms with Gasteiger partial charge >= 0.3 is 0 Å². The number of carbonyl (C=O) groups excluding carboxylic acids is 1. The van der Waals surface area contributed by atoms with E-state index in [-0.39, 0.29) is 5.69 Å². The van der Waals surface area contributed by atoms with Gasteiger partial charge in [-0.25, -0.2) is 13.8 Å². The molecule has 1 saturated heterocycles. The maximum atomic E-state index is 13.7. The minimum Gasteiger partial charge on any atom is -0.336 e. The molecule has 0 aromatic carbocycles. The summed E-state index contributed by atoms with van der Waals surface area (Å²) in [6, 6.07) is 0.684. The van der Waals surface area contributed by atoms with Crippen molar-refractivity contribution in [2.24, 2.45) is 0 Å². The van der Waals surface area contributed by atoms with E-state index in [1.54, 1.807) is 17.6 Å². The number of aromatic nitrogens is 4. The molecule has 2 aromatic rings. The minimum atomic E-state index is -0.922. The average molecular weight is 336 g/mol. The highest BCUT2D eigenvalue weighted by atomic mass is 19.1. The van der Waals surface area contributed by atoms with Crippen LogP contribution in [0.1, 0.15) is 16.9 Å². The number of nitrogens with zero attached hydrogens (tertiary/aromatic N) is 6. The van der Waals surface area contributed by atoms with E-state index in [0.717, 1.165) is 32.3 Å². The number of pyridine rings is 1. The van der Waals surface area contributed by atoms with Gasteiger partial charge in [0.1, 0.15) is 18.5 Å². The van der Waals surface area contributed by atoms with Crippen molar-refractivity contribution in [3.8, 4) is 0 Å². The van der Waals surface area contributed by atoms with E-state index in [2.05, 4.69) is 20.1 Å². The van der Waals surface area contributed by atoms with Crippen LogP contribution in [0, 0.1) is 11.6 Å². The first-order valence-corrected chi connectivity index (χ1v) is 7.78. The lowest BCUT2D eigenvalue weighted by Crippen LogP contribution is -2.36. The summed E-state index contributed by atoms with van der Waals surface area (Å²) in [5.74, 6) is -2.21. The van der Waals surface area contributed by atoms with Crippen LogP contribution in [0.25, 0.3) is 0 Å². The molecular formula is C15H18F2N6O. The normalized spacial score (nSPS) is 16.2. The van der Waals surface area contributed by atoms with E-state index in [1.165, 1.54) is 0 Å². The van der Waals surface area contributed by atoms with Gasteiger partial charge in [-0.1, -0.05) is 0 Å². The van der Waals surface area contributed by atoms with Crippen molar-refractivity contribution in [2.45, 2.75) is 13.0 Å². The number of rotatable bonds is 4. The molecular weight excluding hydrogens is 318 g/mol. The summed E-state index contributed by atoms with van der Waals surface area (Å²) in [4.78, 5) is 19.8. The Kier molecular flexibility index (Phi) is 5.09. The topological polar surface area (TPSA) is 67.2 Å². The predicted molar refractivity (Wildman–Crippen MR) is 81.1 cm³/mol. The first-order chi connectivity index (χ1) is 11.6. The third-order valence-electron chi connectivity index (χ3n) is 4.03. The molecule has 0 unspecified atom stereocenters. The van der Waals surface area contributed by atoms with Crippen LogP contribution in [0.5, 0.6) is 0 Å². The van der Waals surface area contributed by atoms with Crippen LogP contribution in [0.15, 0.2) is 24.9 Å². The Morgan fingerprint density at radius 2 is 1.88 bits per heavy atom. The minimum absolute atomic E-state index is 0.325. The molecule has 0 spiro atoms. The smallest absolute Gasteiger partial charge is 0.275 e. The summed E-state index contributed by atoms with van der Waals surface area (Å²) in [5.41, 5.74) is -0.325. The van der Waals surface area contributed by atoms with Gasteiger partial charge in [-0.2, -0.15) is 0 Å². The molecule has 3 rings (SSSR count). The molecule has 1 amide bonds. The quantitative estimate of drug-likeness (QED) is 0.826. The highest BCUT2D eigenvalue weighted by molar-refractivity contribution is 5.92. The molecule has 2 aromatic heterocycles. The van der Waals surface area contributed by atoms with Gasteiger partial charge in [-0.15, -0.1) is 10.2 Å². The molecule has 0 atom stereocenters. The van der Waals surface area contributed by atoms with Crippen molar-refractivity contribution in [3.63, 3.8) is 0 Å². The van der Waals surface area contributed by atoms with Crippen LogP contribution >= 0.6 is 0 Å². The molecule has 0 bridgehead atoms. The molecule has 7 nitrogen and oxygen atoms in total. The maximum Gasteiger partial charge on any atom is 0.275 e. The molecule has 0 N–H and O–H groups in total. The van der Waals surface area contributed by atoms with Gasteiger partial charge in [0.25, 0.3) is 5.91 Å². The van der Waals surface area contributed by atoms with Gasteiger partial charge in [0.05, 0.1) is 6.20 Å². The van der Waals surface area contributed by atoms with Gasteiger partial charge in [-0.05, 0) is 13.0 Å². The molecule has 24 heavy (non-hydrogen) atoms. The Morgan fingerprint density at radius 1 is 1.08 bits per heavy atom. The third kappa shape index (κ3) is 3.91. The molecule has 9 heteroatoms. The highest BCUT2D eigenvalue weighted by Gasteiger charge is 2.23. The number of hydrogen-bond donors (Lipinski definition) is 0. The zero-order valence-corrected chi connectivity index (χ0v) is 13.1. The summed E-state index contributed by atoms with van der Waals surface area (Å²) in [7, 11) is 0. The van der Waals surface area contributed by atoms with Crippen LogP contribution in [-0.4, -0.2) is 68.2 Å². The first kappa shape index (κ1) is 16.4. The summed E-state index contributed by atoms with van der Waals surface area (Å²) >= 11 is 0. The highest BCUT2D eigenvalue weighted by Crippen LogP contribution is 2.12. The Bertz CT molecular complexity index is 693. The van der Waals surface area contributed by atoms with E-state index >= 15 is 0 Å². The van der Waals surface area contributed by atoms with Crippen molar-refractivity contribution in [1.29, 1.82) is 0 Å². The molecule has 0 aliphatic carbocycles. The van der Waals surface area contributed by atoms with E-state index in [0.29, 0.717) is 25.7 Å². The van der Waals surface area contributed by atoms with E-state index in [9.17, 15) is 13.6 Å². The van der Waals surface area contributed by atoms with Crippen molar-refractivity contribution in [2.75, 3.05) is 32.7 Å². The number of carbonyl (C=O) groups is 1. The van der Waals surface area contributed by atoms with Gasteiger partial charge in [0, 0.05) is 38.8 Å². The zero-order chi connectivity index (χ0) is 16.9.